The van der Waals surface area contributed by atoms with Crippen molar-refractivity contribution in [2.45, 2.75) is 0 Å². The van der Waals surface area contributed by atoms with Gasteiger partial charge in [-0.3, -0.25) is 9.78 Å². The van der Waals surface area contributed by atoms with E-state index >= 15 is 0 Å². The number of hydrogen-bond donors (Lipinski definition) is 1. The van der Waals surface area contributed by atoms with Gasteiger partial charge in [-0.05, 0) is 18.2 Å². The molecule has 0 aliphatic rings. The maximum atomic E-state index is 13.5. The molecule has 0 atom stereocenters. The van der Waals surface area contributed by atoms with Crippen LogP contribution in [-0.2, 0) is 0 Å². The SMILES string of the molecule is CN(C(=O)c1ccc(F)cc1F)c1ccncc1N. The van der Waals surface area contributed by atoms with E-state index in [9.17, 15) is 13.6 Å². The number of rotatable bonds is 2. The molecule has 0 aliphatic carbocycles. The molecule has 4 nitrogen and oxygen atoms in total. The first-order chi connectivity index (χ1) is 9.00. The molecular weight excluding hydrogens is 252 g/mol. The number of halogens is 2. The minimum atomic E-state index is -0.913. The van der Waals surface area contributed by atoms with Crippen LogP contribution in [0.3, 0.4) is 0 Å². The predicted molar refractivity (Wildman–Crippen MR) is 67.7 cm³/mol. The molecule has 2 N–H and O–H groups in total. The first-order valence-electron chi connectivity index (χ1n) is 5.43. The Labute approximate surface area is 108 Å². The highest BCUT2D eigenvalue weighted by atomic mass is 19.1. The van der Waals surface area contributed by atoms with E-state index in [0.717, 1.165) is 12.1 Å². The summed E-state index contributed by atoms with van der Waals surface area (Å²) in [5, 5.41) is 0. The summed E-state index contributed by atoms with van der Waals surface area (Å²) in [6, 6.07) is 4.33. The Bertz CT molecular complexity index is 631. The van der Waals surface area contributed by atoms with Crippen LogP contribution in [0.5, 0.6) is 0 Å². The number of nitrogen functional groups attached to an aromatic ring is 1. The van der Waals surface area contributed by atoms with Gasteiger partial charge in [-0.2, -0.15) is 0 Å². The summed E-state index contributed by atoms with van der Waals surface area (Å²) < 4.78 is 26.4. The largest absolute Gasteiger partial charge is 0.396 e. The molecule has 1 heterocycles. The fourth-order valence-electron chi connectivity index (χ4n) is 1.66. The third kappa shape index (κ3) is 2.52. The van der Waals surface area contributed by atoms with E-state index in [2.05, 4.69) is 4.98 Å². The van der Waals surface area contributed by atoms with Crippen LogP contribution in [0.4, 0.5) is 20.2 Å². The summed E-state index contributed by atoms with van der Waals surface area (Å²) in [5.41, 5.74) is 6.17. The Morgan fingerprint density at radius 2 is 2.05 bits per heavy atom. The van der Waals surface area contributed by atoms with Gasteiger partial charge < -0.3 is 10.6 Å². The number of hydrogen-bond acceptors (Lipinski definition) is 3. The van der Waals surface area contributed by atoms with Crippen molar-refractivity contribution in [1.29, 1.82) is 0 Å². The molecule has 2 rings (SSSR count). The van der Waals surface area contributed by atoms with Crippen LogP contribution in [0.25, 0.3) is 0 Å². The molecule has 0 fully saturated rings. The smallest absolute Gasteiger partial charge is 0.261 e. The number of nitrogens with two attached hydrogens (primary N) is 1. The lowest BCUT2D eigenvalue weighted by molar-refractivity contribution is 0.0989. The lowest BCUT2D eigenvalue weighted by Crippen LogP contribution is -2.28. The maximum Gasteiger partial charge on any atom is 0.261 e. The van der Waals surface area contributed by atoms with Crippen molar-refractivity contribution in [3.8, 4) is 0 Å². The topological polar surface area (TPSA) is 59.2 Å². The molecule has 2 aromatic rings. The van der Waals surface area contributed by atoms with Crippen molar-refractivity contribution < 1.29 is 13.6 Å². The first-order valence-corrected chi connectivity index (χ1v) is 5.43. The summed E-state index contributed by atoms with van der Waals surface area (Å²) in [7, 11) is 1.46. The number of anilines is 2. The summed E-state index contributed by atoms with van der Waals surface area (Å²) in [5.74, 6) is -2.26. The molecule has 0 unspecified atom stereocenters. The summed E-state index contributed by atoms with van der Waals surface area (Å²) in [4.78, 5) is 17.1. The highest BCUT2D eigenvalue weighted by Gasteiger charge is 2.19. The average Bonchev–Trinajstić information content (AvgIpc) is 2.38. The van der Waals surface area contributed by atoms with E-state index < -0.39 is 17.5 Å². The quantitative estimate of drug-likeness (QED) is 0.903. The standard InChI is InChI=1S/C13H11F2N3O/c1-18(12-4-5-17-7-11(12)16)13(19)9-3-2-8(14)6-10(9)15/h2-7H,16H2,1H3. The minimum absolute atomic E-state index is 0.222. The Balaban J connectivity index is 2.37. The van der Waals surface area contributed by atoms with E-state index in [0.29, 0.717) is 17.4 Å². The van der Waals surface area contributed by atoms with Crippen LogP contribution >= 0.6 is 0 Å². The Morgan fingerprint density at radius 1 is 1.32 bits per heavy atom. The molecule has 0 aliphatic heterocycles. The zero-order valence-electron chi connectivity index (χ0n) is 10.1. The number of amides is 1. The average molecular weight is 263 g/mol. The molecule has 1 aromatic heterocycles. The van der Waals surface area contributed by atoms with Crippen LogP contribution in [0.15, 0.2) is 36.7 Å². The normalized spacial score (nSPS) is 10.3. The minimum Gasteiger partial charge on any atom is -0.396 e. The second-order valence-electron chi connectivity index (χ2n) is 3.92. The van der Waals surface area contributed by atoms with Gasteiger partial charge in [0.15, 0.2) is 0 Å². The second-order valence-corrected chi connectivity index (χ2v) is 3.92. The molecule has 0 saturated carbocycles. The van der Waals surface area contributed by atoms with Crippen molar-refractivity contribution in [3.05, 3.63) is 53.9 Å². The lowest BCUT2D eigenvalue weighted by atomic mass is 10.1. The van der Waals surface area contributed by atoms with Gasteiger partial charge in [-0.25, -0.2) is 8.78 Å². The molecular formula is C13H11F2N3O. The molecule has 0 saturated heterocycles. The first kappa shape index (κ1) is 12.9. The number of carbonyl (C=O) groups is 1. The number of nitrogens with zero attached hydrogens (tertiary/aromatic N) is 2. The Morgan fingerprint density at radius 3 is 2.68 bits per heavy atom. The third-order valence-electron chi connectivity index (χ3n) is 2.66. The van der Waals surface area contributed by atoms with Crippen molar-refractivity contribution in [2.24, 2.45) is 0 Å². The number of pyridine rings is 1. The van der Waals surface area contributed by atoms with Gasteiger partial charge in [0.05, 0.1) is 23.1 Å². The van der Waals surface area contributed by atoms with E-state index in [1.165, 1.54) is 30.4 Å². The Kier molecular flexibility index (Phi) is 3.41. The molecule has 0 bridgehead atoms. The van der Waals surface area contributed by atoms with Crippen molar-refractivity contribution in [3.63, 3.8) is 0 Å². The van der Waals surface area contributed by atoms with E-state index in [4.69, 9.17) is 5.73 Å². The molecule has 0 spiro atoms. The van der Waals surface area contributed by atoms with Gasteiger partial charge in [0.2, 0.25) is 0 Å². The van der Waals surface area contributed by atoms with Crippen molar-refractivity contribution in [2.75, 3.05) is 17.7 Å². The lowest BCUT2D eigenvalue weighted by Gasteiger charge is -2.19. The van der Waals surface area contributed by atoms with E-state index in [1.807, 2.05) is 0 Å². The highest BCUT2D eigenvalue weighted by molar-refractivity contribution is 6.07. The van der Waals surface area contributed by atoms with Crippen LogP contribution in [-0.4, -0.2) is 17.9 Å². The molecule has 1 amide bonds. The van der Waals surface area contributed by atoms with Gasteiger partial charge in [-0.15, -0.1) is 0 Å². The maximum absolute atomic E-state index is 13.5. The summed E-state index contributed by atoms with van der Waals surface area (Å²) >= 11 is 0. The molecule has 1 aromatic carbocycles. The van der Waals surface area contributed by atoms with Crippen molar-refractivity contribution >= 4 is 17.3 Å². The second kappa shape index (κ2) is 5.01. The van der Waals surface area contributed by atoms with Crippen LogP contribution in [0.2, 0.25) is 0 Å². The highest BCUT2D eigenvalue weighted by Crippen LogP contribution is 2.22. The summed E-state index contributed by atoms with van der Waals surface area (Å²) in [6.07, 6.45) is 2.86. The fraction of sp³-hybridized carbons (Fsp3) is 0.0769. The zero-order valence-corrected chi connectivity index (χ0v) is 10.1. The monoisotopic (exact) mass is 263 g/mol. The summed E-state index contributed by atoms with van der Waals surface area (Å²) in [6.45, 7) is 0. The number of aromatic nitrogens is 1. The Hall–Kier alpha value is -2.50. The van der Waals surface area contributed by atoms with Gasteiger partial charge in [-0.1, -0.05) is 0 Å². The van der Waals surface area contributed by atoms with Crippen molar-refractivity contribution in [1.82, 2.24) is 4.98 Å². The van der Waals surface area contributed by atoms with Crippen LogP contribution < -0.4 is 10.6 Å². The molecule has 98 valence electrons. The fourth-order valence-corrected chi connectivity index (χ4v) is 1.66. The predicted octanol–water partition coefficient (Wildman–Crippen LogP) is 2.22. The van der Waals surface area contributed by atoms with Gasteiger partial charge in [0, 0.05) is 19.3 Å². The third-order valence-corrected chi connectivity index (χ3v) is 2.66. The molecule has 19 heavy (non-hydrogen) atoms. The molecule has 0 radical (unpaired) electrons. The molecule has 6 heteroatoms. The number of carbonyl (C=O) groups excluding carboxylic acids is 1. The van der Waals surface area contributed by atoms with Crippen LogP contribution in [0, 0.1) is 11.6 Å². The van der Waals surface area contributed by atoms with E-state index in [1.54, 1.807) is 0 Å². The van der Waals surface area contributed by atoms with Gasteiger partial charge in [0.1, 0.15) is 11.6 Å². The van der Waals surface area contributed by atoms with Gasteiger partial charge in [0.25, 0.3) is 5.91 Å². The van der Waals surface area contributed by atoms with E-state index in [-0.39, 0.29) is 5.56 Å². The zero-order chi connectivity index (χ0) is 14.0. The number of benzene rings is 1. The van der Waals surface area contributed by atoms with Gasteiger partial charge >= 0.3 is 0 Å². The van der Waals surface area contributed by atoms with Crippen LogP contribution in [0.1, 0.15) is 10.4 Å².